The highest BCUT2D eigenvalue weighted by Crippen LogP contribution is 2.49. The van der Waals surface area contributed by atoms with Gasteiger partial charge in [-0.25, -0.2) is 4.79 Å². The van der Waals surface area contributed by atoms with Crippen LogP contribution in [-0.4, -0.2) is 28.1 Å². The van der Waals surface area contributed by atoms with Gasteiger partial charge in [0.25, 0.3) is 5.69 Å². The first-order chi connectivity index (χ1) is 10.7. The van der Waals surface area contributed by atoms with Gasteiger partial charge in [0.15, 0.2) is 11.4 Å². The third kappa shape index (κ3) is 3.15. The number of nitrogens with zero attached hydrogens (tertiary/aromatic N) is 2. The maximum atomic E-state index is 11.6. The average molecular weight is 325 g/mol. The number of benzene rings is 1. The summed E-state index contributed by atoms with van der Waals surface area (Å²) in [6.07, 6.45) is -0.714. The lowest BCUT2D eigenvalue weighted by Gasteiger charge is -2.18. The van der Waals surface area contributed by atoms with Crippen molar-refractivity contribution in [3.05, 3.63) is 31.9 Å². The van der Waals surface area contributed by atoms with Crippen LogP contribution in [0, 0.1) is 20.2 Å². The Labute approximate surface area is 130 Å². The molecule has 1 aliphatic heterocycles. The fourth-order valence-electron chi connectivity index (χ4n) is 2.39. The average Bonchev–Trinajstić information content (AvgIpc) is 2.73. The summed E-state index contributed by atoms with van der Waals surface area (Å²) in [5.74, 6) is -0.0658. The van der Waals surface area contributed by atoms with Crippen LogP contribution in [0.15, 0.2) is 6.07 Å². The minimum absolute atomic E-state index is 0.0658. The smallest absolute Gasteiger partial charge is 0.411 e. The lowest BCUT2D eigenvalue weighted by Crippen LogP contribution is -2.25. The van der Waals surface area contributed by atoms with E-state index < -0.39 is 32.9 Å². The molecule has 124 valence electrons. The molecular weight excluding hydrogens is 310 g/mol. The highest BCUT2D eigenvalue weighted by molar-refractivity contribution is 5.92. The van der Waals surface area contributed by atoms with E-state index in [9.17, 15) is 25.0 Å². The van der Waals surface area contributed by atoms with Gasteiger partial charge in [0, 0.05) is 6.42 Å². The van der Waals surface area contributed by atoms with Crippen molar-refractivity contribution in [1.29, 1.82) is 0 Å². The van der Waals surface area contributed by atoms with E-state index in [1.807, 2.05) is 0 Å². The number of rotatable bonds is 4. The van der Waals surface area contributed by atoms with Crippen LogP contribution in [-0.2, 0) is 11.2 Å². The van der Waals surface area contributed by atoms with Crippen LogP contribution >= 0.6 is 0 Å². The Bertz CT molecular complexity index is 699. The Balaban J connectivity index is 2.65. The minimum atomic E-state index is -0.903. The number of nitro benzene ring substituents is 2. The zero-order valence-electron chi connectivity index (χ0n) is 12.7. The number of fused-ring (bicyclic) bond motifs is 1. The molecule has 1 aromatic rings. The van der Waals surface area contributed by atoms with E-state index in [1.54, 1.807) is 20.8 Å². The van der Waals surface area contributed by atoms with E-state index in [1.165, 1.54) is 0 Å². The van der Waals surface area contributed by atoms with E-state index in [0.29, 0.717) is 0 Å². The minimum Gasteiger partial charge on any atom is -0.484 e. The molecule has 1 heterocycles. The lowest BCUT2D eigenvalue weighted by molar-refractivity contribution is -0.394. The second kappa shape index (κ2) is 5.71. The van der Waals surface area contributed by atoms with Gasteiger partial charge in [-0.3, -0.25) is 25.5 Å². The molecule has 0 aliphatic carbocycles. The molecule has 0 spiro atoms. The van der Waals surface area contributed by atoms with E-state index >= 15 is 0 Å². The Morgan fingerprint density at radius 3 is 2.48 bits per heavy atom. The number of ether oxygens (including phenoxy) is 2. The molecule has 0 saturated heterocycles. The summed E-state index contributed by atoms with van der Waals surface area (Å²) >= 11 is 0. The van der Waals surface area contributed by atoms with E-state index in [2.05, 4.69) is 5.32 Å². The van der Waals surface area contributed by atoms with Gasteiger partial charge in [-0.1, -0.05) is 0 Å². The highest BCUT2D eigenvalue weighted by Gasteiger charge is 2.41. The summed E-state index contributed by atoms with van der Waals surface area (Å²) < 4.78 is 10.3. The molecule has 0 atom stereocenters. The van der Waals surface area contributed by atoms with Crippen LogP contribution in [0.2, 0.25) is 0 Å². The van der Waals surface area contributed by atoms with E-state index in [0.717, 1.165) is 6.07 Å². The molecular formula is C13H15N3O7. The maximum Gasteiger partial charge on any atom is 0.411 e. The lowest BCUT2D eigenvalue weighted by atomic mass is 9.99. The van der Waals surface area contributed by atoms with Crippen molar-refractivity contribution >= 4 is 23.2 Å². The van der Waals surface area contributed by atoms with Gasteiger partial charge in [0.05, 0.1) is 28.1 Å². The summed E-state index contributed by atoms with van der Waals surface area (Å²) in [5.41, 5.74) is -1.85. The first kappa shape index (κ1) is 16.5. The van der Waals surface area contributed by atoms with E-state index in [-0.39, 0.29) is 30.0 Å². The molecule has 10 nitrogen and oxygen atoms in total. The van der Waals surface area contributed by atoms with Crippen LogP contribution in [0.25, 0.3) is 0 Å². The number of anilines is 1. The standard InChI is InChI=1S/C13H15N3O7/c1-4-22-12(17)14-10-9(16(20)21)5-8(15(18)19)7-6-13(2,3)23-11(7)10/h5H,4,6H2,1-3H3,(H,14,17). The molecule has 0 radical (unpaired) electrons. The number of amides is 1. The molecule has 23 heavy (non-hydrogen) atoms. The summed E-state index contributed by atoms with van der Waals surface area (Å²) in [4.78, 5) is 32.5. The summed E-state index contributed by atoms with van der Waals surface area (Å²) in [7, 11) is 0. The first-order valence-electron chi connectivity index (χ1n) is 6.77. The molecule has 10 heteroatoms. The fraction of sp³-hybridized carbons (Fsp3) is 0.462. The molecule has 1 aromatic carbocycles. The first-order valence-corrected chi connectivity index (χ1v) is 6.77. The topological polar surface area (TPSA) is 134 Å². The third-order valence-electron chi connectivity index (χ3n) is 3.22. The number of hydrogen-bond donors (Lipinski definition) is 1. The Kier molecular flexibility index (Phi) is 4.08. The highest BCUT2D eigenvalue weighted by atomic mass is 16.6. The van der Waals surface area contributed by atoms with Crippen molar-refractivity contribution in [2.45, 2.75) is 32.8 Å². The van der Waals surface area contributed by atoms with Crippen molar-refractivity contribution in [2.24, 2.45) is 0 Å². The van der Waals surface area contributed by atoms with Gasteiger partial charge in [-0.15, -0.1) is 0 Å². The van der Waals surface area contributed by atoms with Crippen LogP contribution in [0.5, 0.6) is 5.75 Å². The van der Waals surface area contributed by atoms with Crippen LogP contribution in [0.4, 0.5) is 21.9 Å². The molecule has 0 saturated carbocycles. The van der Waals surface area contributed by atoms with Gasteiger partial charge >= 0.3 is 11.8 Å². The molecule has 1 amide bonds. The molecule has 1 aliphatic rings. The molecule has 1 N–H and O–H groups in total. The van der Waals surface area contributed by atoms with Crippen LogP contribution in [0.1, 0.15) is 26.3 Å². The van der Waals surface area contributed by atoms with Gasteiger partial charge in [-0.05, 0) is 20.8 Å². The van der Waals surface area contributed by atoms with Crippen molar-refractivity contribution in [3.63, 3.8) is 0 Å². The van der Waals surface area contributed by atoms with Gasteiger partial charge < -0.3 is 9.47 Å². The number of nitro groups is 2. The van der Waals surface area contributed by atoms with Gasteiger partial charge in [0.1, 0.15) is 5.60 Å². The van der Waals surface area contributed by atoms with E-state index in [4.69, 9.17) is 9.47 Å². The van der Waals surface area contributed by atoms with Gasteiger partial charge in [-0.2, -0.15) is 0 Å². The van der Waals surface area contributed by atoms with Crippen molar-refractivity contribution < 1.29 is 24.1 Å². The number of carbonyl (C=O) groups is 1. The normalized spacial score (nSPS) is 14.6. The second-order valence-corrected chi connectivity index (χ2v) is 5.50. The third-order valence-corrected chi connectivity index (χ3v) is 3.22. The summed E-state index contributed by atoms with van der Waals surface area (Å²) in [6.45, 7) is 5.03. The Morgan fingerprint density at radius 2 is 1.96 bits per heavy atom. The number of carbonyl (C=O) groups excluding carboxylic acids is 1. The molecule has 0 unspecified atom stereocenters. The number of hydrogen-bond acceptors (Lipinski definition) is 7. The summed E-state index contributed by atoms with van der Waals surface area (Å²) in [5, 5.41) is 24.7. The quantitative estimate of drug-likeness (QED) is 0.664. The molecule has 2 rings (SSSR count). The molecule has 0 bridgehead atoms. The largest absolute Gasteiger partial charge is 0.484 e. The zero-order valence-corrected chi connectivity index (χ0v) is 12.7. The zero-order chi connectivity index (χ0) is 17.4. The molecule has 0 aromatic heterocycles. The predicted molar refractivity (Wildman–Crippen MR) is 78.8 cm³/mol. The Morgan fingerprint density at radius 1 is 1.35 bits per heavy atom. The summed E-state index contributed by atoms with van der Waals surface area (Å²) in [6, 6.07) is 0.825. The maximum absolute atomic E-state index is 11.6. The SMILES string of the molecule is CCOC(=O)Nc1c([N+](=O)[O-])cc([N+](=O)[O-])c2c1OC(C)(C)C2. The van der Waals surface area contributed by atoms with Gasteiger partial charge in [0.2, 0.25) is 0 Å². The fourth-order valence-corrected chi connectivity index (χ4v) is 2.39. The predicted octanol–water partition coefficient (Wildman–Crippen LogP) is 2.78. The Hall–Kier alpha value is -2.91. The van der Waals surface area contributed by atoms with Crippen molar-refractivity contribution in [1.82, 2.24) is 0 Å². The van der Waals surface area contributed by atoms with Crippen molar-refractivity contribution in [2.75, 3.05) is 11.9 Å². The van der Waals surface area contributed by atoms with Crippen molar-refractivity contribution in [3.8, 4) is 5.75 Å². The van der Waals surface area contributed by atoms with Crippen LogP contribution in [0.3, 0.4) is 0 Å². The number of nitrogens with one attached hydrogen (secondary N) is 1. The second-order valence-electron chi connectivity index (χ2n) is 5.50. The molecule has 0 fully saturated rings. The monoisotopic (exact) mass is 325 g/mol. The van der Waals surface area contributed by atoms with Crippen LogP contribution < -0.4 is 10.1 Å².